The molecule has 1 rings (SSSR count). The van der Waals surface area contributed by atoms with Crippen molar-refractivity contribution in [3.63, 3.8) is 0 Å². The molecule has 1 aromatic carbocycles. The van der Waals surface area contributed by atoms with E-state index in [1.165, 1.54) is 0 Å². The van der Waals surface area contributed by atoms with Gasteiger partial charge in [0.05, 0.1) is 0 Å². The van der Waals surface area contributed by atoms with Crippen LogP contribution in [0.25, 0.3) is 0 Å². The van der Waals surface area contributed by atoms with Crippen LogP contribution in [-0.4, -0.2) is 23.6 Å². The maximum Gasteiger partial charge on any atom is 0.408 e. The Morgan fingerprint density at radius 3 is 2.23 bits per heavy atom. The van der Waals surface area contributed by atoms with Gasteiger partial charge in [-0.1, -0.05) is 44.2 Å². The molecule has 5 heteroatoms. The second kappa shape index (κ2) is 7.82. The molecule has 0 spiro atoms. The van der Waals surface area contributed by atoms with Gasteiger partial charge in [-0.3, -0.25) is 4.79 Å². The number of rotatable bonds is 5. The van der Waals surface area contributed by atoms with Crippen LogP contribution < -0.4 is 10.6 Å². The van der Waals surface area contributed by atoms with Crippen LogP contribution in [0.4, 0.5) is 4.79 Å². The minimum Gasteiger partial charge on any atom is -0.445 e. The van der Waals surface area contributed by atoms with Gasteiger partial charge in [0, 0.05) is 5.54 Å². The molecule has 1 atom stereocenters. The van der Waals surface area contributed by atoms with Gasteiger partial charge in [0.15, 0.2) is 0 Å². The second-order valence-electron chi connectivity index (χ2n) is 6.67. The molecule has 0 radical (unpaired) electrons. The molecule has 122 valence electrons. The molecule has 0 aliphatic heterocycles. The van der Waals surface area contributed by atoms with Crippen LogP contribution in [0.3, 0.4) is 0 Å². The first-order valence-corrected chi connectivity index (χ1v) is 7.48. The van der Waals surface area contributed by atoms with E-state index in [-0.39, 0.29) is 24.0 Å². The Kier molecular flexibility index (Phi) is 6.40. The van der Waals surface area contributed by atoms with Gasteiger partial charge in [-0.05, 0) is 32.3 Å². The third-order valence-electron chi connectivity index (χ3n) is 2.93. The average Bonchev–Trinajstić information content (AvgIpc) is 2.41. The largest absolute Gasteiger partial charge is 0.445 e. The number of ether oxygens (including phenoxy) is 1. The third-order valence-corrected chi connectivity index (χ3v) is 2.93. The van der Waals surface area contributed by atoms with Crippen molar-refractivity contribution in [3.05, 3.63) is 35.9 Å². The Labute approximate surface area is 132 Å². The number of hydrogen-bond acceptors (Lipinski definition) is 3. The first-order valence-electron chi connectivity index (χ1n) is 7.48. The lowest BCUT2D eigenvalue weighted by molar-refractivity contribution is -0.125. The second-order valence-corrected chi connectivity index (χ2v) is 6.67. The van der Waals surface area contributed by atoms with Crippen molar-refractivity contribution in [3.8, 4) is 0 Å². The number of nitrogens with one attached hydrogen (secondary N) is 2. The van der Waals surface area contributed by atoms with Crippen LogP contribution in [0, 0.1) is 5.92 Å². The number of benzene rings is 1. The lowest BCUT2D eigenvalue weighted by Gasteiger charge is -2.27. The summed E-state index contributed by atoms with van der Waals surface area (Å²) in [6, 6.07) is 8.78. The molecular weight excluding hydrogens is 280 g/mol. The van der Waals surface area contributed by atoms with Crippen LogP contribution in [0.5, 0.6) is 0 Å². The van der Waals surface area contributed by atoms with Crippen molar-refractivity contribution < 1.29 is 14.3 Å². The van der Waals surface area contributed by atoms with E-state index in [0.717, 1.165) is 5.56 Å². The van der Waals surface area contributed by atoms with Crippen molar-refractivity contribution in [2.75, 3.05) is 0 Å². The summed E-state index contributed by atoms with van der Waals surface area (Å²) in [5.74, 6) is -0.245. The standard InChI is InChI=1S/C17H26N2O3/c1-12(2)14(15(20)19-17(3,4)5)18-16(21)22-11-13-9-7-6-8-10-13/h6-10,12,14H,11H2,1-5H3,(H,18,21)(H,19,20). The highest BCUT2D eigenvalue weighted by Gasteiger charge is 2.27. The number of carbonyl (C=O) groups excluding carboxylic acids is 2. The molecule has 0 aliphatic rings. The molecule has 2 amide bonds. The lowest BCUT2D eigenvalue weighted by Crippen LogP contribution is -2.54. The Hall–Kier alpha value is -2.04. The summed E-state index contributed by atoms with van der Waals surface area (Å²) in [5.41, 5.74) is 0.553. The maximum atomic E-state index is 12.2. The van der Waals surface area contributed by atoms with E-state index in [1.807, 2.05) is 65.0 Å². The van der Waals surface area contributed by atoms with Gasteiger partial charge in [0.1, 0.15) is 12.6 Å². The predicted molar refractivity (Wildman–Crippen MR) is 86.3 cm³/mol. The van der Waals surface area contributed by atoms with E-state index in [2.05, 4.69) is 10.6 Å². The van der Waals surface area contributed by atoms with Gasteiger partial charge in [-0.2, -0.15) is 0 Å². The molecule has 5 nitrogen and oxygen atoms in total. The van der Waals surface area contributed by atoms with E-state index >= 15 is 0 Å². The Morgan fingerprint density at radius 1 is 1.14 bits per heavy atom. The number of amides is 2. The van der Waals surface area contributed by atoms with Crippen molar-refractivity contribution in [2.24, 2.45) is 5.92 Å². The van der Waals surface area contributed by atoms with E-state index in [1.54, 1.807) is 0 Å². The van der Waals surface area contributed by atoms with Gasteiger partial charge in [-0.15, -0.1) is 0 Å². The summed E-state index contributed by atoms with van der Waals surface area (Å²) in [7, 11) is 0. The zero-order chi connectivity index (χ0) is 16.8. The Morgan fingerprint density at radius 2 is 1.73 bits per heavy atom. The van der Waals surface area contributed by atoms with Crippen molar-refractivity contribution in [1.82, 2.24) is 10.6 Å². The molecule has 2 N–H and O–H groups in total. The predicted octanol–water partition coefficient (Wildman–Crippen LogP) is 2.85. The van der Waals surface area contributed by atoms with Gasteiger partial charge >= 0.3 is 6.09 Å². The smallest absolute Gasteiger partial charge is 0.408 e. The molecule has 0 saturated heterocycles. The molecule has 0 bridgehead atoms. The highest BCUT2D eigenvalue weighted by molar-refractivity contribution is 5.86. The topological polar surface area (TPSA) is 67.4 Å². The summed E-state index contributed by atoms with van der Waals surface area (Å²) in [6.45, 7) is 9.63. The Balaban J connectivity index is 2.55. The maximum absolute atomic E-state index is 12.2. The number of alkyl carbamates (subject to hydrolysis) is 1. The van der Waals surface area contributed by atoms with E-state index in [4.69, 9.17) is 4.74 Å². The summed E-state index contributed by atoms with van der Waals surface area (Å²) in [5, 5.41) is 5.51. The molecule has 0 aromatic heterocycles. The third kappa shape index (κ3) is 6.61. The Bertz CT molecular complexity index is 492. The van der Waals surface area contributed by atoms with Crippen LogP contribution in [0.1, 0.15) is 40.2 Å². The zero-order valence-corrected chi connectivity index (χ0v) is 14.0. The normalized spacial score (nSPS) is 12.6. The molecular formula is C17H26N2O3. The molecule has 1 unspecified atom stereocenters. The van der Waals surface area contributed by atoms with E-state index in [0.29, 0.717) is 0 Å². The molecule has 0 saturated carbocycles. The van der Waals surface area contributed by atoms with Gasteiger partial charge in [-0.25, -0.2) is 4.79 Å². The first-order chi connectivity index (χ1) is 10.2. The summed E-state index contributed by atoms with van der Waals surface area (Å²) < 4.78 is 5.16. The molecule has 1 aromatic rings. The highest BCUT2D eigenvalue weighted by atomic mass is 16.5. The monoisotopic (exact) mass is 306 g/mol. The quantitative estimate of drug-likeness (QED) is 0.879. The minimum absolute atomic E-state index is 0.0355. The van der Waals surface area contributed by atoms with Crippen LogP contribution in [0.15, 0.2) is 30.3 Å². The fourth-order valence-corrected chi connectivity index (χ4v) is 1.87. The van der Waals surface area contributed by atoms with Gasteiger partial charge in [0.2, 0.25) is 5.91 Å². The average molecular weight is 306 g/mol. The summed E-state index contributed by atoms with van der Waals surface area (Å²) >= 11 is 0. The van der Waals surface area contributed by atoms with E-state index in [9.17, 15) is 9.59 Å². The molecule has 22 heavy (non-hydrogen) atoms. The van der Waals surface area contributed by atoms with Gasteiger partial charge < -0.3 is 15.4 Å². The summed E-state index contributed by atoms with van der Waals surface area (Å²) in [4.78, 5) is 24.1. The zero-order valence-electron chi connectivity index (χ0n) is 14.0. The van der Waals surface area contributed by atoms with Gasteiger partial charge in [0.25, 0.3) is 0 Å². The summed E-state index contributed by atoms with van der Waals surface area (Å²) in [6.07, 6.45) is -0.591. The fourth-order valence-electron chi connectivity index (χ4n) is 1.87. The SMILES string of the molecule is CC(C)C(NC(=O)OCc1ccccc1)C(=O)NC(C)(C)C. The minimum atomic E-state index is -0.623. The first kappa shape index (κ1) is 18.0. The van der Waals surface area contributed by atoms with Crippen molar-refractivity contribution in [2.45, 2.75) is 52.8 Å². The number of hydrogen-bond donors (Lipinski definition) is 2. The molecule has 0 fully saturated rings. The lowest BCUT2D eigenvalue weighted by atomic mass is 10.0. The number of carbonyl (C=O) groups is 2. The van der Waals surface area contributed by atoms with Crippen molar-refractivity contribution >= 4 is 12.0 Å². The van der Waals surface area contributed by atoms with E-state index < -0.39 is 12.1 Å². The fraction of sp³-hybridized carbons (Fsp3) is 0.529. The van der Waals surface area contributed by atoms with Crippen molar-refractivity contribution in [1.29, 1.82) is 0 Å². The van der Waals surface area contributed by atoms with Crippen LogP contribution in [-0.2, 0) is 16.1 Å². The van der Waals surface area contributed by atoms with Crippen LogP contribution in [0.2, 0.25) is 0 Å². The molecule has 0 aliphatic carbocycles. The molecule has 0 heterocycles. The van der Waals surface area contributed by atoms with Crippen LogP contribution >= 0.6 is 0 Å². The highest BCUT2D eigenvalue weighted by Crippen LogP contribution is 2.07.